The van der Waals surface area contributed by atoms with Crippen LogP contribution in [0.3, 0.4) is 0 Å². The molecular formula is C20H20N8O2S. The van der Waals surface area contributed by atoms with Crippen molar-refractivity contribution in [2.24, 2.45) is 0 Å². The van der Waals surface area contributed by atoms with Crippen molar-refractivity contribution in [3.63, 3.8) is 0 Å². The standard InChI is InChI=1S/C20H20N8O2S/c29-18(12-27-13-22-24-25-27)26-7-4-20(5-8-26)19-14(3-9-30-20)10-16(31-19)15-11-21-17-2-1-6-23-28(15)17/h1-2,6,10-11,13H,3-5,7-9,12H2. The van der Waals surface area contributed by atoms with E-state index in [1.165, 1.54) is 21.4 Å². The Hall–Kier alpha value is -3.18. The number of imidazole rings is 1. The van der Waals surface area contributed by atoms with Crippen molar-refractivity contribution in [1.29, 1.82) is 0 Å². The molecule has 10 nitrogen and oxygen atoms in total. The van der Waals surface area contributed by atoms with Gasteiger partial charge in [0, 0.05) is 24.2 Å². The van der Waals surface area contributed by atoms with Gasteiger partial charge in [-0.2, -0.15) is 5.10 Å². The molecule has 2 aliphatic heterocycles. The Morgan fingerprint density at radius 3 is 3.03 bits per heavy atom. The van der Waals surface area contributed by atoms with E-state index in [-0.39, 0.29) is 18.1 Å². The summed E-state index contributed by atoms with van der Waals surface area (Å²) in [7, 11) is 0. The van der Waals surface area contributed by atoms with Gasteiger partial charge >= 0.3 is 0 Å². The van der Waals surface area contributed by atoms with Gasteiger partial charge in [0.1, 0.15) is 24.2 Å². The van der Waals surface area contributed by atoms with Crippen LogP contribution in [0.15, 0.2) is 36.9 Å². The van der Waals surface area contributed by atoms with E-state index in [2.05, 4.69) is 31.7 Å². The maximum Gasteiger partial charge on any atom is 0.244 e. The lowest BCUT2D eigenvalue weighted by molar-refractivity contribution is -0.141. The number of hydrogen-bond donors (Lipinski definition) is 0. The fourth-order valence-corrected chi connectivity index (χ4v) is 5.93. The molecule has 1 saturated heterocycles. The van der Waals surface area contributed by atoms with Crippen LogP contribution in [0.25, 0.3) is 16.2 Å². The summed E-state index contributed by atoms with van der Waals surface area (Å²) in [5, 5.41) is 15.4. The van der Waals surface area contributed by atoms with Crippen molar-refractivity contribution >= 4 is 22.9 Å². The molecule has 0 atom stereocenters. The molecule has 0 N–H and O–H groups in total. The molecule has 2 aliphatic rings. The normalized spacial score (nSPS) is 17.9. The second kappa shape index (κ2) is 7.20. The number of fused-ring (bicyclic) bond motifs is 3. The van der Waals surface area contributed by atoms with Gasteiger partial charge in [0.05, 0.1) is 17.7 Å². The fraction of sp³-hybridized carbons (Fsp3) is 0.400. The number of tetrazole rings is 1. The number of carbonyl (C=O) groups excluding carboxylic acids is 1. The zero-order valence-electron chi connectivity index (χ0n) is 16.7. The van der Waals surface area contributed by atoms with Gasteiger partial charge in [-0.15, -0.1) is 16.4 Å². The molecule has 1 fully saturated rings. The van der Waals surface area contributed by atoms with E-state index in [1.807, 2.05) is 27.7 Å². The molecule has 1 spiro atoms. The minimum atomic E-state index is -0.323. The van der Waals surface area contributed by atoms with Crippen LogP contribution in [0.4, 0.5) is 0 Å². The van der Waals surface area contributed by atoms with Crippen molar-refractivity contribution in [3.8, 4) is 10.6 Å². The molecule has 0 aromatic carbocycles. The maximum atomic E-state index is 12.6. The summed E-state index contributed by atoms with van der Waals surface area (Å²) in [4.78, 5) is 21.4. The zero-order valence-corrected chi connectivity index (χ0v) is 17.5. The highest BCUT2D eigenvalue weighted by atomic mass is 32.1. The molecule has 4 aromatic rings. The fourth-order valence-electron chi connectivity index (χ4n) is 4.53. The lowest BCUT2D eigenvalue weighted by atomic mass is 9.85. The molecule has 1 amide bonds. The van der Waals surface area contributed by atoms with Crippen LogP contribution in [0, 0.1) is 0 Å². The van der Waals surface area contributed by atoms with E-state index in [9.17, 15) is 4.79 Å². The zero-order chi connectivity index (χ0) is 20.8. The quantitative estimate of drug-likeness (QED) is 0.480. The molecule has 0 unspecified atom stereocenters. The van der Waals surface area contributed by atoms with Crippen LogP contribution in [0.1, 0.15) is 23.3 Å². The number of carbonyl (C=O) groups is 1. The average molecular weight is 437 g/mol. The minimum Gasteiger partial charge on any atom is -0.369 e. The third-order valence-electron chi connectivity index (χ3n) is 6.12. The highest BCUT2D eigenvalue weighted by Crippen LogP contribution is 2.47. The number of likely N-dealkylation sites (tertiary alicyclic amines) is 1. The van der Waals surface area contributed by atoms with Crippen LogP contribution >= 0.6 is 11.3 Å². The van der Waals surface area contributed by atoms with E-state index in [0.717, 1.165) is 35.5 Å². The van der Waals surface area contributed by atoms with E-state index < -0.39 is 0 Å². The molecule has 0 aliphatic carbocycles. The van der Waals surface area contributed by atoms with Gasteiger partial charge < -0.3 is 9.64 Å². The van der Waals surface area contributed by atoms with E-state index >= 15 is 0 Å². The predicted molar refractivity (Wildman–Crippen MR) is 111 cm³/mol. The summed E-state index contributed by atoms with van der Waals surface area (Å²) in [5.74, 6) is 0.0295. The first-order valence-electron chi connectivity index (χ1n) is 10.3. The number of amides is 1. The minimum absolute atomic E-state index is 0.0295. The van der Waals surface area contributed by atoms with Crippen molar-refractivity contribution in [2.75, 3.05) is 19.7 Å². The van der Waals surface area contributed by atoms with Crippen molar-refractivity contribution in [1.82, 2.24) is 39.7 Å². The Morgan fingerprint density at radius 2 is 2.19 bits per heavy atom. The van der Waals surface area contributed by atoms with Crippen LogP contribution < -0.4 is 0 Å². The lowest BCUT2D eigenvalue weighted by Crippen LogP contribution is -2.48. The van der Waals surface area contributed by atoms with Crippen molar-refractivity contribution in [2.45, 2.75) is 31.4 Å². The van der Waals surface area contributed by atoms with Crippen LogP contribution in [0.5, 0.6) is 0 Å². The van der Waals surface area contributed by atoms with Crippen molar-refractivity contribution in [3.05, 3.63) is 47.4 Å². The Balaban J connectivity index is 1.25. The van der Waals surface area contributed by atoms with Gasteiger partial charge in [-0.05, 0) is 53.5 Å². The van der Waals surface area contributed by atoms with Gasteiger partial charge in [0.25, 0.3) is 0 Å². The molecule has 0 saturated carbocycles. The number of rotatable bonds is 3. The highest BCUT2D eigenvalue weighted by Gasteiger charge is 2.43. The van der Waals surface area contributed by atoms with Crippen LogP contribution in [-0.2, 0) is 28.1 Å². The van der Waals surface area contributed by atoms with Gasteiger partial charge in [0.2, 0.25) is 5.91 Å². The number of thiophene rings is 1. The maximum absolute atomic E-state index is 12.6. The predicted octanol–water partition coefficient (Wildman–Crippen LogP) is 1.53. The summed E-state index contributed by atoms with van der Waals surface area (Å²) in [5.41, 5.74) is 2.85. The van der Waals surface area contributed by atoms with Crippen LogP contribution in [-0.4, -0.2) is 65.3 Å². The number of ether oxygens (including phenoxy) is 1. The number of aromatic nitrogens is 7. The van der Waals surface area contributed by atoms with E-state index in [4.69, 9.17) is 4.74 Å². The van der Waals surface area contributed by atoms with Crippen LogP contribution in [0.2, 0.25) is 0 Å². The smallest absolute Gasteiger partial charge is 0.244 e. The Morgan fingerprint density at radius 1 is 1.29 bits per heavy atom. The molecule has 0 bridgehead atoms. The van der Waals surface area contributed by atoms with Crippen molar-refractivity contribution < 1.29 is 9.53 Å². The summed E-state index contributed by atoms with van der Waals surface area (Å²) in [6.45, 7) is 2.18. The molecule has 6 heterocycles. The summed E-state index contributed by atoms with van der Waals surface area (Å²) in [6, 6.07) is 6.11. The van der Waals surface area contributed by atoms with E-state index in [1.54, 1.807) is 17.5 Å². The van der Waals surface area contributed by atoms with E-state index in [0.29, 0.717) is 19.7 Å². The largest absolute Gasteiger partial charge is 0.369 e. The molecule has 0 radical (unpaired) electrons. The first-order chi connectivity index (χ1) is 15.2. The van der Waals surface area contributed by atoms with Gasteiger partial charge in [0.15, 0.2) is 5.65 Å². The molecule has 4 aromatic heterocycles. The second-order valence-corrected chi connectivity index (χ2v) is 8.94. The monoisotopic (exact) mass is 436 g/mol. The Bertz CT molecular complexity index is 1240. The topological polar surface area (TPSA) is 103 Å². The summed E-state index contributed by atoms with van der Waals surface area (Å²) in [6.07, 6.45) is 7.59. The van der Waals surface area contributed by atoms with Gasteiger partial charge in [-0.1, -0.05) is 0 Å². The number of piperidine rings is 1. The lowest BCUT2D eigenvalue weighted by Gasteiger charge is -2.43. The molecule has 31 heavy (non-hydrogen) atoms. The van der Waals surface area contributed by atoms with Gasteiger partial charge in [-0.3, -0.25) is 4.79 Å². The first-order valence-corrected chi connectivity index (χ1v) is 11.1. The summed E-state index contributed by atoms with van der Waals surface area (Å²) >= 11 is 1.77. The third kappa shape index (κ3) is 3.12. The third-order valence-corrected chi connectivity index (χ3v) is 7.50. The second-order valence-electron chi connectivity index (χ2n) is 7.88. The molecule has 158 valence electrons. The Kier molecular flexibility index (Phi) is 4.32. The molecular weight excluding hydrogens is 416 g/mol. The number of hydrogen-bond acceptors (Lipinski definition) is 8. The molecule has 6 rings (SSSR count). The van der Waals surface area contributed by atoms with Gasteiger partial charge in [-0.25, -0.2) is 14.2 Å². The first kappa shape index (κ1) is 18.6. The highest BCUT2D eigenvalue weighted by molar-refractivity contribution is 7.15. The average Bonchev–Trinajstić information content (AvgIpc) is 3.54. The molecule has 11 heteroatoms. The summed E-state index contributed by atoms with van der Waals surface area (Å²) < 4.78 is 9.72. The SMILES string of the molecule is O=C(Cn1cnnn1)N1CCC2(CC1)OCCc1cc(-c3cnc4cccnn34)sc12. The number of nitrogens with zero attached hydrogens (tertiary/aromatic N) is 8. The Labute approximate surface area is 181 Å².